The normalized spacial score (nSPS) is 19.2. The molecular weight excluding hydrogens is 544 g/mol. The largest absolute Gasteiger partial charge is 0.329 e. The molecule has 0 spiro atoms. The molecule has 0 bridgehead atoms. The number of benzene rings is 2. The number of thiocarbonyl (C=S) groups is 2. The third kappa shape index (κ3) is 6.56. The lowest BCUT2D eigenvalue weighted by Crippen LogP contribution is -2.45. The Morgan fingerprint density at radius 2 is 1.36 bits per heavy atom. The second-order valence-corrected chi connectivity index (χ2v) is 9.25. The van der Waals surface area contributed by atoms with Crippen LogP contribution >= 0.6 is 24.4 Å². The Bertz CT molecular complexity index is 1400. The number of fused-ring (bicyclic) bond motifs is 1. The number of carbonyl (C=O) groups is 2. The summed E-state index contributed by atoms with van der Waals surface area (Å²) in [5.41, 5.74) is 5.54. The van der Waals surface area contributed by atoms with Crippen molar-refractivity contribution in [2.75, 3.05) is 10.6 Å². The average Bonchev–Trinajstić information content (AvgIpc) is 3.18. The van der Waals surface area contributed by atoms with Crippen molar-refractivity contribution in [1.29, 1.82) is 0 Å². The molecule has 1 aliphatic heterocycles. The van der Waals surface area contributed by atoms with Gasteiger partial charge in [0, 0.05) is 0 Å². The Morgan fingerprint density at radius 3 is 1.87 bits per heavy atom. The molecule has 9 nitrogen and oxygen atoms in total. The van der Waals surface area contributed by atoms with Crippen LogP contribution in [0.1, 0.15) is 6.92 Å². The van der Waals surface area contributed by atoms with Crippen LogP contribution in [-0.4, -0.2) is 44.9 Å². The van der Waals surface area contributed by atoms with Crippen molar-refractivity contribution in [3.63, 3.8) is 0 Å². The van der Waals surface area contributed by atoms with Gasteiger partial charge >= 0.3 is 0 Å². The quantitative estimate of drug-likeness (QED) is 0.174. The lowest BCUT2D eigenvalue weighted by Gasteiger charge is -2.23. The van der Waals surface area contributed by atoms with Gasteiger partial charge in [-0.15, -0.1) is 0 Å². The summed E-state index contributed by atoms with van der Waals surface area (Å²) in [4.78, 5) is 27.3. The highest BCUT2D eigenvalue weighted by Crippen LogP contribution is 2.32. The van der Waals surface area contributed by atoms with Crippen molar-refractivity contribution in [1.82, 2.24) is 15.8 Å². The zero-order valence-electron chi connectivity index (χ0n) is 20.5. The first-order valence-electron chi connectivity index (χ1n) is 11.7. The van der Waals surface area contributed by atoms with Crippen LogP contribution in [0.25, 0.3) is 0 Å². The highest BCUT2D eigenvalue weighted by atomic mass is 32.1. The number of nitrogens with one attached hydrogen (secondary N) is 4. The van der Waals surface area contributed by atoms with E-state index < -0.39 is 29.5 Å². The van der Waals surface area contributed by atoms with E-state index in [-0.39, 0.29) is 39.1 Å². The topological polar surface area (TPSA) is 110 Å². The van der Waals surface area contributed by atoms with Gasteiger partial charge in [-0.1, -0.05) is 48.6 Å². The predicted octanol–water partition coefficient (Wildman–Crippen LogP) is 3.70. The molecule has 1 heterocycles. The molecule has 2 aliphatic rings. The molecule has 1 saturated heterocycles. The van der Waals surface area contributed by atoms with Crippen molar-refractivity contribution < 1.29 is 18.4 Å². The molecule has 4 N–H and O–H groups in total. The maximum atomic E-state index is 14.0. The highest BCUT2D eigenvalue weighted by molar-refractivity contribution is 7.80. The van der Waals surface area contributed by atoms with E-state index in [1.54, 1.807) is 49.4 Å². The standard InChI is InChI=1S/C26H23F2N7O2S2/c1-15(35-23(36)16-8-2-3-9-17(16)24(35)37)22(32-34-26(39)31-21-13-7-5-11-19(21)28)14-29-33-25(38)30-20-12-6-4-10-18(20)27/h2-17H,1H3,(H2,30,33,38)(H2,31,34,39)/b29-14-,32-22-. The second kappa shape index (κ2) is 12.5. The van der Waals surface area contributed by atoms with Crippen LogP contribution in [-0.2, 0) is 9.59 Å². The van der Waals surface area contributed by atoms with Crippen molar-refractivity contribution in [3.05, 3.63) is 84.5 Å². The Kier molecular flexibility index (Phi) is 8.84. The van der Waals surface area contributed by atoms with Gasteiger partial charge in [0.15, 0.2) is 10.2 Å². The summed E-state index contributed by atoms with van der Waals surface area (Å²) in [6.07, 6.45) is 8.05. The van der Waals surface area contributed by atoms with Gasteiger partial charge in [-0.2, -0.15) is 10.2 Å². The molecule has 39 heavy (non-hydrogen) atoms. The summed E-state index contributed by atoms with van der Waals surface area (Å²) in [6.45, 7) is 1.61. The zero-order chi connectivity index (χ0) is 27.9. The summed E-state index contributed by atoms with van der Waals surface area (Å²) in [7, 11) is 0. The molecule has 2 aromatic rings. The number of carbonyl (C=O) groups excluding carboxylic acids is 2. The monoisotopic (exact) mass is 567 g/mol. The number of hydrogen-bond donors (Lipinski definition) is 4. The minimum Gasteiger partial charge on any atom is -0.329 e. The van der Waals surface area contributed by atoms with E-state index in [2.05, 4.69) is 31.7 Å². The van der Waals surface area contributed by atoms with Crippen LogP contribution in [0.2, 0.25) is 0 Å². The highest BCUT2D eigenvalue weighted by Gasteiger charge is 2.48. The predicted molar refractivity (Wildman–Crippen MR) is 154 cm³/mol. The van der Waals surface area contributed by atoms with Crippen LogP contribution in [0.3, 0.4) is 0 Å². The van der Waals surface area contributed by atoms with E-state index in [0.717, 1.165) is 4.90 Å². The molecule has 200 valence electrons. The third-order valence-corrected chi connectivity index (χ3v) is 6.28. The summed E-state index contributed by atoms with van der Waals surface area (Å²) >= 11 is 10.4. The van der Waals surface area contributed by atoms with Crippen LogP contribution in [0.4, 0.5) is 20.2 Å². The Balaban J connectivity index is 1.51. The Hall–Kier alpha value is -4.36. The Labute approximate surface area is 233 Å². The lowest BCUT2D eigenvalue weighted by molar-refractivity contribution is -0.140. The summed E-state index contributed by atoms with van der Waals surface area (Å²) in [5.74, 6) is -2.98. The number of rotatable bonds is 7. The van der Waals surface area contributed by atoms with E-state index in [9.17, 15) is 18.4 Å². The van der Waals surface area contributed by atoms with Gasteiger partial charge in [0.05, 0.1) is 35.5 Å². The summed E-state index contributed by atoms with van der Waals surface area (Å²) in [5, 5.41) is 13.6. The van der Waals surface area contributed by atoms with Crippen LogP contribution < -0.4 is 21.5 Å². The van der Waals surface area contributed by atoms with Gasteiger partial charge in [-0.3, -0.25) is 25.3 Å². The van der Waals surface area contributed by atoms with Gasteiger partial charge in [0.1, 0.15) is 17.3 Å². The van der Waals surface area contributed by atoms with E-state index in [4.69, 9.17) is 24.4 Å². The smallest absolute Gasteiger partial charge is 0.237 e. The minimum absolute atomic E-state index is 0.0114. The molecule has 2 amide bonds. The molecule has 0 saturated carbocycles. The van der Waals surface area contributed by atoms with Gasteiger partial charge in [-0.25, -0.2) is 8.78 Å². The number of hydrazone groups is 2. The summed E-state index contributed by atoms with van der Waals surface area (Å²) in [6, 6.07) is 11.0. The zero-order valence-corrected chi connectivity index (χ0v) is 22.1. The number of amides is 2. The van der Waals surface area contributed by atoms with E-state index in [1.165, 1.54) is 36.5 Å². The Morgan fingerprint density at radius 1 is 0.872 bits per heavy atom. The molecule has 4 rings (SSSR count). The number of hydrogen-bond acceptors (Lipinski definition) is 6. The maximum absolute atomic E-state index is 14.0. The first-order valence-corrected chi connectivity index (χ1v) is 12.5. The van der Waals surface area contributed by atoms with Crippen molar-refractivity contribution >= 4 is 69.8 Å². The fourth-order valence-corrected chi connectivity index (χ4v) is 4.27. The second-order valence-electron chi connectivity index (χ2n) is 8.43. The first-order chi connectivity index (χ1) is 18.8. The van der Waals surface area contributed by atoms with Crippen LogP contribution in [0.5, 0.6) is 0 Å². The fourth-order valence-electron chi connectivity index (χ4n) is 3.95. The van der Waals surface area contributed by atoms with Gasteiger partial charge < -0.3 is 10.6 Å². The number of likely N-dealkylation sites (tertiary alicyclic amines) is 1. The first kappa shape index (κ1) is 27.7. The molecule has 2 aromatic carbocycles. The number of anilines is 2. The molecule has 1 fully saturated rings. The molecule has 13 heteroatoms. The van der Waals surface area contributed by atoms with Gasteiger partial charge in [0.2, 0.25) is 11.8 Å². The lowest BCUT2D eigenvalue weighted by atomic mass is 9.91. The number of allylic oxidation sites excluding steroid dienone is 2. The van der Waals surface area contributed by atoms with Crippen LogP contribution in [0.15, 0.2) is 83.0 Å². The average molecular weight is 568 g/mol. The number of halogens is 2. The van der Waals surface area contributed by atoms with Crippen molar-refractivity contribution in [2.45, 2.75) is 13.0 Å². The number of imide groups is 1. The fraction of sp³-hybridized carbons (Fsp3) is 0.154. The molecular formula is C26H23F2N7O2S2. The van der Waals surface area contributed by atoms with Gasteiger partial charge in [0.25, 0.3) is 0 Å². The van der Waals surface area contributed by atoms with Crippen molar-refractivity contribution in [2.24, 2.45) is 22.0 Å². The molecule has 3 atom stereocenters. The third-order valence-electron chi connectivity index (χ3n) is 5.89. The summed E-state index contributed by atoms with van der Waals surface area (Å²) < 4.78 is 27.9. The SMILES string of the molecule is CC(C(/C=N\NC(=S)Nc1ccccc1F)=N\NC(=S)Nc1ccccc1F)N1C(=O)C2C=CC=CC2C1=O. The van der Waals surface area contributed by atoms with Gasteiger partial charge in [-0.05, 0) is 55.6 Å². The van der Waals surface area contributed by atoms with E-state index in [0.29, 0.717) is 0 Å². The number of nitrogens with zero attached hydrogens (tertiary/aromatic N) is 3. The van der Waals surface area contributed by atoms with E-state index in [1.807, 2.05) is 0 Å². The molecule has 3 unspecified atom stereocenters. The van der Waals surface area contributed by atoms with Crippen LogP contribution in [0, 0.1) is 23.5 Å². The molecule has 1 aliphatic carbocycles. The molecule has 0 aromatic heterocycles. The minimum atomic E-state index is -0.861. The molecule has 0 radical (unpaired) electrons. The maximum Gasteiger partial charge on any atom is 0.237 e. The van der Waals surface area contributed by atoms with Crippen molar-refractivity contribution in [3.8, 4) is 0 Å². The van der Waals surface area contributed by atoms with E-state index >= 15 is 0 Å². The number of para-hydroxylation sites is 2.